The van der Waals surface area contributed by atoms with E-state index in [0.29, 0.717) is 30.9 Å². The fraction of sp³-hybridized carbons (Fsp3) is 0.250. The molecule has 0 spiro atoms. The van der Waals surface area contributed by atoms with E-state index in [1.54, 1.807) is 22.3 Å². The first-order chi connectivity index (χ1) is 11.5. The summed E-state index contributed by atoms with van der Waals surface area (Å²) in [5, 5.41) is 16.0. The Balaban J connectivity index is 1.68. The Labute approximate surface area is 143 Å². The molecule has 0 aliphatic carbocycles. The molecule has 7 nitrogen and oxygen atoms in total. The molecule has 1 aliphatic rings. The highest BCUT2D eigenvalue weighted by Gasteiger charge is 2.27. The number of urea groups is 1. The van der Waals surface area contributed by atoms with Gasteiger partial charge in [-0.2, -0.15) is 0 Å². The number of nitrogens with two attached hydrogens (primary N) is 1. The molecule has 126 valence electrons. The number of nitrogens with one attached hydrogen (secondary N) is 2. The van der Waals surface area contributed by atoms with E-state index >= 15 is 0 Å². The highest BCUT2D eigenvalue weighted by molar-refractivity contribution is 7.13. The Morgan fingerprint density at radius 1 is 1.33 bits per heavy atom. The predicted octanol–water partition coefficient (Wildman–Crippen LogP) is 2.87. The Hall–Kier alpha value is -2.74. The van der Waals surface area contributed by atoms with Crippen LogP contribution in [-0.2, 0) is 0 Å². The number of hydrogen-bond acceptors (Lipinski definition) is 4. The van der Waals surface area contributed by atoms with Gasteiger partial charge in [0.15, 0.2) is 0 Å². The number of likely N-dealkylation sites (tertiary alicyclic amines) is 1. The molecule has 8 heteroatoms. The molecule has 1 aromatic heterocycles. The molecule has 3 rings (SSSR count). The highest BCUT2D eigenvalue weighted by Crippen LogP contribution is 2.30. The lowest BCUT2D eigenvalue weighted by Gasteiger charge is -2.18. The number of anilines is 2. The zero-order chi connectivity index (χ0) is 17.1. The molecule has 1 aromatic carbocycles. The predicted molar refractivity (Wildman–Crippen MR) is 94.3 cm³/mol. The number of carbonyl (C=O) groups excluding carboxylic acids is 1. The van der Waals surface area contributed by atoms with Crippen molar-refractivity contribution in [3.63, 3.8) is 0 Å². The first-order valence-electron chi connectivity index (χ1n) is 7.51. The first-order valence-corrected chi connectivity index (χ1v) is 8.39. The van der Waals surface area contributed by atoms with Crippen LogP contribution in [0.1, 0.15) is 6.42 Å². The summed E-state index contributed by atoms with van der Waals surface area (Å²) in [5.74, 6) is 0. The SMILES string of the molecule is Nc1ccc(-c2cccs2)cc1NC(=O)N1CCC(NC(=O)O)C1. The molecule has 5 N–H and O–H groups in total. The van der Waals surface area contributed by atoms with E-state index in [9.17, 15) is 9.59 Å². The van der Waals surface area contributed by atoms with Crippen molar-refractivity contribution in [2.45, 2.75) is 12.5 Å². The second kappa shape index (κ2) is 6.79. The van der Waals surface area contributed by atoms with Gasteiger partial charge < -0.3 is 26.4 Å². The van der Waals surface area contributed by atoms with Crippen LogP contribution in [0.2, 0.25) is 0 Å². The van der Waals surface area contributed by atoms with Gasteiger partial charge in [-0.3, -0.25) is 0 Å². The minimum atomic E-state index is -1.07. The molecule has 1 saturated heterocycles. The smallest absolute Gasteiger partial charge is 0.404 e. The van der Waals surface area contributed by atoms with Gasteiger partial charge in [-0.05, 0) is 35.6 Å². The number of rotatable bonds is 3. The molecule has 0 radical (unpaired) electrons. The van der Waals surface area contributed by atoms with Crippen LogP contribution < -0.4 is 16.4 Å². The summed E-state index contributed by atoms with van der Waals surface area (Å²) in [6.45, 7) is 0.851. The summed E-state index contributed by atoms with van der Waals surface area (Å²) in [6, 6.07) is 8.99. The van der Waals surface area contributed by atoms with Gasteiger partial charge >= 0.3 is 12.1 Å². The summed E-state index contributed by atoms with van der Waals surface area (Å²) < 4.78 is 0. The average Bonchev–Trinajstić information content (AvgIpc) is 3.20. The minimum absolute atomic E-state index is 0.233. The summed E-state index contributed by atoms with van der Waals surface area (Å²) >= 11 is 1.61. The van der Waals surface area contributed by atoms with Crippen molar-refractivity contribution < 1.29 is 14.7 Å². The van der Waals surface area contributed by atoms with Crippen molar-refractivity contribution in [1.82, 2.24) is 10.2 Å². The minimum Gasteiger partial charge on any atom is -0.465 e. The van der Waals surface area contributed by atoms with E-state index in [2.05, 4.69) is 10.6 Å². The number of carboxylic acid groups (broad SMARTS) is 1. The van der Waals surface area contributed by atoms with Crippen molar-refractivity contribution in [2.24, 2.45) is 0 Å². The second-order valence-electron chi connectivity index (χ2n) is 5.59. The maximum Gasteiger partial charge on any atom is 0.404 e. The molecular formula is C16H18N4O3S. The summed E-state index contributed by atoms with van der Waals surface area (Å²) in [6.07, 6.45) is -0.472. The third kappa shape index (κ3) is 3.60. The highest BCUT2D eigenvalue weighted by atomic mass is 32.1. The Morgan fingerprint density at radius 2 is 2.17 bits per heavy atom. The van der Waals surface area contributed by atoms with E-state index in [0.717, 1.165) is 10.4 Å². The normalized spacial score (nSPS) is 16.8. The van der Waals surface area contributed by atoms with E-state index in [1.165, 1.54) is 0 Å². The zero-order valence-corrected chi connectivity index (χ0v) is 13.7. The van der Waals surface area contributed by atoms with Crippen molar-refractivity contribution >= 4 is 34.8 Å². The Kier molecular flexibility index (Phi) is 4.57. The molecule has 1 unspecified atom stereocenters. The van der Waals surface area contributed by atoms with Gasteiger partial charge in [-0.15, -0.1) is 11.3 Å². The third-order valence-corrected chi connectivity index (χ3v) is 4.82. The van der Waals surface area contributed by atoms with Crippen LogP contribution in [0.3, 0.4) is 0 Å². The quantitative estimate of drug-likeness (QED) is 0.641. The number of nitrogens with zero attached hydrogens (tertiary/aromatic N) is 1. The van der Waals surface area contributed by atoms with Gasteiger partial charge in [-0.1, -0.05) is 12.1 Å². The maximum atomic E-state index is 12.4. The van der Waals surface area contributed by atoms with Crippen LogP contribution in [-0.4, -0.2) is 41.3 Å². The lowest BCUT2D eigenvalue weighted by Crippen LogP contribution is -2.39. The van der Waals surface area contributed by atoms with Gasteiger partial charge in [0.1, 0.15) is 0 Å². The number of thiophene rings is 1. The summed E-state index contributed by atoms with van der Waals surface area (Å²) in [4.78, 5) is 25.7. The Bertz CT molecular complexity index is 748. The van der Waals surface area contributed by atoms with Crippen LogP contribution in [0.15, 0.2) is 35.7 Å². The Morgan fingerprint density at radius 3 is 2.88 bits per heavy atom. The van der Waals surface area contributed by atoms with Crippen LogP contribution in [0.25, 0.3) is 10.4 Å². The van der Waals surface area contributed by atoms with Gasteiger partial charge in [0.2, 0.25) is 0 Å². The zero-order valence-electron chi connectivity index (χ0n) is 12.9. The van der Waals surface area contributed by atoms with Gasteiger partial charge in [0.05, 0.1) is 17.4 Å². The largest absolute Gasteiger partial charge is 0.465 e. The van der Waals surface area contributed by atoms with Crippen molar-refractivity contribution in [3.05, 3.63) is 35.7 Å². The van der Waals surface area contributed by atoms with Crippen molar-refractivity contribution in [2.75, 3.05) is 24.1 Å². The van der Waals surface area contributed by atoms with E-state index < -0.39 is 6.09 Å². The van der Waals surface area contributed by atoms with Crippen molar-refractivity contribution in [3.8, 4) is 10.4 Å². The third-order valence-electron chi connectivity index (χ3n) is 3.90. The average molecular weight is 346 g/mol. The standard InChI is InChI=1S/C16H18N4O3S/c17-12-4-3-10(14-2-1-7-24-14)8-13(12)19-15(21)20-6-5-11(9-20)18-16(22)23/h1-4,7-8,11,18H,5-6,9,17H2,(H,19,21)(H,22,23). The lowest BCUT2D eigenvalue weighted by atomic mass is 10.1. The molecule has 2 aromatic rings. The molecule has 1 fully saturated rings. The molecule has 24 heavy (non-hydrogen) atoms. The lowest BCUT2D eigenvalue weighted by molar-refractivity contribution is 0.189. The number of carbonyl (C=O) groups is 2. The van der Waals surface area contributed by atoms with E-state index in [-0.39, 0.29) is 12.1 Å². The monoisotopic (exact) mass is 346 g/mol. The van der Waals surface area contributed by atoms with Crippen LogP contribution in [0, 0.1) is 0 Å². The molecule has 2 heterocycles. The van der Waals surface area contributed by atoms with E-state index in [1.807, 2.05) is 29.6 Å². The molecule has 1 atom stereocenters. The molecule has 1 aliphatic heterocycles. The summed E-state index contributed by atoms with van der Waals surface area (Å²) in [7, 11) is 0. The number of benzene rings is 1. The fourth-order valence-corrected chi connectivity index (χ4v) is 3.42. The summed E-state index contributed by atoms with van der Waals surface area (Å²) in [5.41, 5.74) is 8.00. The number of amides is 3. The van der Waals surface area contributed by atoms with Crippen LogP contribution >= 0.6 is 11.3 Å². The van der Waals surface area contributed by atoms with Crippen LogP contribution in [0.5, 0.6) is 0 Å². The molecular weight excluding hydrogens is 328 g/mol. The van der Waals surface area contributed by atoms with Gasteiger partial charge in [-0.25, -0.2) is 9.59 Å². The maximum absolute atomic E-state index is 12.4. The second-order valence-corrected chi connectivity index (χ2v) is 6.54. The number of hydrogen-bond donors (Lipinski definition) is 4. The van der Waals surface area contributed by atoms with Crippen LogP contribution in [0.4, 0.5) is 21.0 Å². The fourth-order valence-electron chi connectivity index (χ4n) is 2.69. The topological polar surface area (TPSA) is 108 Å². The van der Waals surface area contributed by atoms with E-state index in [4.69, 9.17) is 10.8 Å². The molecule has 0 bridgehead atoms. The first kappa shape index (κ1) is 16.1. The van der Waals surface area contributed by atoms with Gasteiger partial charge in [0.25, 0.3) is 0 Å². The number of nitrogen functional groups attached to an aromatic ring is 1. The van der Waals surface area contributed by atoms with Gasteiger partial charge in [0, 0.05) is 18.0 Å². The molecule has 3 amide bonds. The van der Waals surface area contributed by atoms with Crippen molar-refractivity contribution in [1.29, 1.82) is 0 Å². The molecule has 0 saturated carbocycles.